The Morgan fingerprint density at radius 2 is 1.83 bits per heavy atom. The summed E-state index contributed by atoms with van der Waals surface area (Å²) in [6, 6.07) is 2.99. The second kappa shape index (κ2) is 7.40. The SMILES string of the molecule is COC(=O)C(C)(C)C(NS(=O)C(C)(C)C)c1ccc(OC)nc1. The fourth-order valence-electron chi connectivity index (χ4n) is 1.98. The molecule has 0 bridgehead atoms. The van der Waals surface area contributed by atoms with E-state index >= 15 is 0 Å². The topological polar surface area (TPSA) is 77.5 Å². The van der Waals surface area contributed by atoms with Crippen molar-refractivity contribution in [1.29, 1.82) is 0 Å². The zero-order chi connectivity index (χ0) is 17.8. The van der Waals surface area contributed by atoms with E-state index in [4.69, 9.17) is 9.47 Å². The molecule has 0 aliphatic carbocycles. The third kappa shape index (κ3) is 4.75. The maximum atomic E-state index is 12.5. The molecule has 0 aliphatic rings. The lowest BCUT2D eigenvalue weighted by atomic mass is 9.81. The second-order valence-electron chi connectivity index (χ2n) is 6.78. The molecule has 1 heterocycles. The molecule has 130 valence electrons. The number of carbonyl (C=O) groups excluding carboxylic acids is 1. The predicted molar refractivity (Wildman–Crippen MR) is 90.4 cm³/mol. The minimum absolute atomic E-state index is 0.392. The molecule has 2 atom stereocenters. The van der Waals surface area contributed by atoms with E-state index in [0.717, 1.165) is 5.56 Å². The zero-order valence-electron chi connectivity index (χ0n) is 14.8. The average Bonchev–Trinajstić information content (AvgIpc) is 2.50. The summed E-state index contributed by atoms with van der Waals surface area (Å²) < 4.78 is 25.1. The van der Waals surface area contributed by atoms with Crippen molar-refractivity contribution >= 4 is 17.0 Å². The summed E-state index contributed by atoms with van der Waals surface area (Å²) in [5, 5.41) is 0. The van der Waals surface area contributed by atoms with Gasteiger partial charge in [0.15, 0.2) is 0 Å². The van der Waals surface area contributed by atoms with E-state index in [1.807, 2.05) is 20.8 Å². The fourth-order valence-corrected chi connectivity index (χ4v) is 2.98. The van der Waals surface area contributed by atoms with Crippen LogP contribution in [-0.2, 0) is 20.5 Å². The van der Waals surface area contributed by atoms with Crippen molar-refractivity contribution in [2.75, 3.05) is 14.2 Å². The van der Waals surface area contributed by atoms with Crippen molar-refractivity contribution in [2.45, 2.75) is 45.4 Å². The molecule has 0 aliphatic heterocycles. The molecule has 1 N–H and O–H groups in total. The van der Waals surface area contributed by atoms with Crippen molar-refractivity contribution in [3.8, 4) is 5.88 Å². The van der Waals surface area contributed by atoms with Gasteiger partial charge in [-0.05, 0) is 40.2 Å². The minimum atomic E-state index is -1.36. The molecule has 6 nitrogen and oxygen atoms in total. The van der Waals surface area contributed by atoms with Gasteiger partial charge in [0.05, 0.1) is 41.4 Å². The lowest BCUT2D eigenvalue weighted by Gasteiger charge is -2.34. The van der Waals surface area contributed by atoms with Gasteiger partial charge in [-0.3, -0.25) is 4.79 Å². The number of aromatic nitrogens is 1. The number of nitrogens with zero attached hydrogens (tertiary/aromatic N) is 1. The molecule has 0 amide bonds. The number of pyridine rings is 1. The van der Waals surface area contributed by atoms with E-state index in [2.05, 4.69) is 9.71 Å². The maximum absolute atomic E-state index is 12.5. The van der Waals surface area contributed by atoms with Crippen LogP contribution in [0.2, 0.25) is 0 Å². The molecule has 0 spiro atoms. The average molecular weight is 342 g/mol. The second-order valence-corrected chi connectivity index (χ2v) is 8.78. The quantitative estimate of drug-likeness (QED) is 0.803. The number of rotatable bonds is 6. The van der Waals surface area contributed by atoms with Gasteiger partial charge in [-0.15, -0.1) is 0 Å². The van der Waals surface area contributed by atoms with Crippen LogP contribution < -0.4 is 9.46 Å². The molecule has 2 unspecified atom stereocenters. The van der Waals surface area contributed by atoms with Crippen molar-refractivity contribution in [1.82, 2.24) is 9.71 Å². The van der Waals surface area contributed by atoms with Crippen molar-refractivity contribution in [3.05, 3.63) is 23.9 Å². The Morgan fingerprint density at radius 1 is 1.22 bits per heavy atom. The summed E-state index contributed by atoms with van der Waals surface area (Å²) in [6.07, 6.45) is 1.61. The summed E-state index contributed by atoms with van der Waals surface area (Å²) in [5.41, 5.74) is -0.190. The van der Waals surface area contributed by atoms with Crippen LogP contribution in [0.15, 0.2) is 18.3 Å². The molecule has 1 aromatic heterocycles. The van der Waals surface area contributed by atoms with Crippen molar-refractivity contribution in [2.24, 2.45) is 5.41 Å². The van der Waals surface area contributed by atoms with Crippen LogP contribution in [-0.4, -0.2) is 34.1 Å². The Balaban J connectivity index is 3.24. The van der Waals surface area contributed by atoms with Gasteiger partial charge in [0.1, 0.15) is 0 Å². The Morgan fingerprint density at radius 3 is 2.22 bits per heavy atom. The Labute approximate surface area is 140 Å². The van der Waals surface area contributed by atoms with Crippen LogP contribution in [0, 0.1) is 5.41 Å². The van der Waals surface area contributed by atoms with Crippen LogP contribution in [0.5, 0.6) is 5.88 Å². The predicted octanol–water partition coefficient (Wildman–Crippen LogP) is 2.38. The number of carbonyl (C=O) groups is 1. The summed E-state index contributed by atoms with van der Waals surface area (Å²) >= 11 is 0. The maximum Gasteiger partial charge on any atom is 0.313 e. The van der Waals surface area contributed by atoms with E-state index < -0.39 is 33.2 Å². The third-order valence-corrected chi connectivity index (χ3v) is 5.08. The summed E-state index contributed by atoms with van der Waals surface area (Å²) in [5.74, 6) is 0.0806. The highest BCUT2D eigenvalue weighted by molar-refractivity contribution is 7.84. The van der Waals surface area contributed by atoms with Crippen LogP contribution in [0.3, 0.4) is 0 Å². The lowest BCUT2D eigenvalue weighted by molar-refractivity contribution is -0.152. The molecule has 0 saturated carbocycles. The van der Waals surface area contributed by atoms with Gasteiger partial charge in [-0.2, -0.15) is 0 Å². The van der Waals surface area contributed by atoms with E-state index in [1.54, 1.807) is 32.2 Å². The molecular weight excluding hydrogens is 316 g/mol. The first kappa shape index (κ1) is 19.6. The summed E-state index contributed by atoms with van der Waals surface area (Å²) in [6.45, 7) is 9.10. The normalized spacial score (nSPS) is 14.9. The van der Waals surface area contributed by atoms with E-state index in [1.165, 1.54) is 14.2 Å². The van der Waals surface area contributed by atoms with E-state index in [9.17, 15) is 9.00 Å². The van der Waals surface area contributed by atoms with Gasteiger partial charge in [0.2, 0.25) is 5.88 Å². The first-order chi connectivity index (χ1) is 10.5. The molecule has 0 radical (unpaired) electrons. The summed E-state index contributed by atoms with van der Waals surface area (Å²) in [4.78, 5) is 16.4. The molecule has 1 aromatic rings. The number of nitrogens with one attached hydrogen (secondary N) is 1. The minimum Gasteiger partial charge on any atom is -0.481 e. The Kier molecular flexibility index (Phi) is 6.30. The van der Waals surface area contributed by atoms with Crippen LogP contribution in [0.4, 0.5) is 0 Å². The van der Waals surface area contributed by atoms with Gasteiger partial charge in [0, 0.05) is 12.3 Å². The number of esters is 1. The number of hydrogen-bond donors (Lipinski definition) is 1. The monoisotopic (exact) mass is 342 g/mol. The molecule has 1 rings (SSSR count). The van der Waals surface area contributed by atoms with Gasteiger partial charge < -0.3 is 9.47 Å². The number of methoxy groups -OCH3 is 2. The molecule has 0 saturated heterocycles. The van der Waals surface area contributed by atoms with Crippen LogP contribution in [0.25, 0.3) is 0 Å². The van der Waals surface area contributed by atoms with Crippen LogP contribution >= 0.6 is 0 Å². The first-order valence-corrected chi connectivity index (χ1v) is 8.45. The van der Waals surface area contributed by atoms with Gasteiger partial charge in [-0.25, -0.2) is 13.9 Å². The molecule has 0 aromatic carbocycles. The zero-order valence-corrected chi connectivity index (χ0v) is 15.6. The largest absolute Gasteiger partial charge is 0.481 e. The highest BCUT2D eigenvalue weighted by atomic mass is 32.2. The molecular formula is C16H26N2O4S. The number of hydrogen-bond acceptors (Lipinski definition) is 5. The number of ether oxygens (including phenoxy) is 2. The Bertz CT molecular complexity index is 564. The van der Waals surface area contributed by atoms with Gasteiger partial charge in [0.25, 0.3) is 0 Å². The molecule has 23 heavy (non-hydrogen) atoms. The van der Waals surface area contributed by atoms with Gasteiger partial charge >= 0.3 is 5.97 Å². The highest BCUT2D eigenvalue weighted by Gasteiger charge is 2.41. The van der Waals surface area contributed by atoms with Crippen molar-refractivity contribution < 1.29 is 18.5 Å². The third-order valence-electron chi connectivity index (χ3n) is 3.52. The van der Waals surface area contributed by atoms with E-state index in [0.29, 0.717) is 5.88 Å². The Hall–Kier alpha value is -1.47. The van der Waals surface area contributed by atoms with Crippen molar-refractivity contribution in [3.63, 3.8) is 0 Å². The standard InChI is InChI=1S/C16H26N2O4S/c1-15(2,3)23(20)18-13(16(4,5)14(19)22-7)11-8-9-12(21-6)17-10-11/h8-10,13,18H,1-7H3. The van der Waals surface area contributed by atoms with Crippen LogP contribution in [0.1, 0.15) is 46.2 Å². The lowest BCUT2D eigenvalue weighted by Crippen LogP contribution is -2.45. The smallest absolute Gasteiger partial charge is 0.313 e. The van der Waals surface area contributed by atoms with Gasteiger partial charge in [-0.1, -0.05) is 6.07 Å². The first-order valence-electron chi connectivity index (χ1n) is 7.30. The molecule has 0 fully saturated rings. The van der Waals surface area contributed by atoms with E-state index in [-0.39, 0.29) is 0 Å². The summed E-state index contributed by atoms with van der Waals surface area (Å²) in [7, 11) is 1.52. The molecule has 7 heteroatoms. The highest BCUT2D eigenvalue weighted by Crippen LogP contribution is 2.35. The fraction of sp³-hybridized carbons (Fsp3) is 0.625.